The van der Waals surface area contributed by atoms with Crippen LogP contribution in [0.4, 0.5) is 8.78 Å². The summed E-state index contributed by atoms with van der Waals surface area (Å²) >= 11 is 1.75. The van der Waals surface area contributed by atoms with Gasteiger partial charge in [-0.15, -0.1) is 35.3 Å². The van der Waals surface area contributed by atoms with E-state index in [1.807, 2.05) is 14.0 Å². The van der Waals surface area contributed by atoms with Gasteiger partial charge in [0.05, 0.1) is 0 Å². The van der Waals surface area contributed by atoms with Crippen LogP contribution in [0.5, 0.6) is 0 Å². The number of halogens is 3. The van der Waals surface area contributed by atoms with Gasteiger partial charge in [0.15, 0.2) is 5.96 Å². The van der Waals surface area contributed by atoms with Gasteiger partial charge in [0.2, 0.25) is 0 Å². The van der Waals surface area contributed by atoms with Crippen LogP contribution in [0.25, 0.3) is 0 Å². The van der Waals surface area contributed by atoms with Gasteiger partial charge in [-0.25, -0.2) is 8.78 Å². The fourth-order valence-corrected chi connectivity index (χ4v) is 3.05. The van der Waals surface area contributed by atoms with Gasteiger partial charge in [-0.3, -0.25) is 4.99 Å². The second kappa shape index (κ2) is 11.4. The molecule has 7 heteroatoms. The molecule has 0 aliphatic heterocycles. The Labute approximate surface area is 169 Å². The first-order chi connectivity index (χ1) is 11.6. The number of hydrogen-bond donors (Lipinski definition) is 1. The maximum Gasteiger partial charge on any atom is 0.193 e. The lowest BCUT2D eigenvalue weighted by Gasteiger charge is -2.21. The fraction of sp³-hybridized carbons (Fsp3) is 0.389. The van der Waals surface area contributed by atoms with Crippen molar-refractivity contribution in [2.24, 2.45) is 4.99 Å². The molecule has 0 aliphatic carbocycles. The molecular weight excluding hydrogens is 455 g/mol. The van der Waals surface area contributed by atoms with E-state index in [0.29, 0.717) is 18.5 Å². The molecule has 1 aromatic heterocycles. The van der Waals surface area contributed by atoms with Crippen molar-refractivity contribution in [3.05, 3.63) is 57.8 Å². The predicted octanol–water partition coefficient (Wildman–Crippen LogP) is 4.33. The minimum absolute atomic E-state index is 0. The van der Waals surface area contributed by atoms with Crippen LogP contribution in [0.3, 0.4) is 0 Å². The van der Waals surface area contributed by atoms with Gasteiger partial charge in [-0.05, 0) is 48.9 Å². The number of nitrogens with zero attached hydrogens (tertiary/aromatic N) is 2. The Morgan fingerprint density at radius 1 is 1.20 bits per heavy atom. The monoisotopic (exact) mass is 479 g/mol. The molecule has 2 aromatic rings. The first-order valence-electron chi connectivity index (χ1n) is 8.05. The van der Waals surface area contributed by atoms with E-state index in [1.54, 1.807) is 11.3 Å². The number of hydrogen-bond acceptors (Lipinski definition) is 2. The first-order valence-corrected chi connectivity index (χ1v) is 8.93. The van der Waals surface area contributed by atoms with E-state index in [4.69, 9.17) is 0 Å². The second-order valence-corrected chi connectivity index (χ2v) is 6.55. The summed E-state index contributed by atoms with van der Waals surface area (Å²) in [5, 5.41) is 5.33. The van der Waals surface area contributed by atoms with E-state index in [2.05, 4.69) is 32.7 Å². The summed E-state index contributed by atoms with van der Waals surface area (Å²) in [5.74, 6) is -0.283. The molecule has 0 aliphatic rings. The molecule has 0 radical (unpaired) electrons. The van der Waals surface area contributed by atoms with Gasteiger partial charge in [-0.2, -0.15) is 0 Å². The molecule has 25 heavy (non-hydrogen) atoms. The van der Waals surface area contributed by atoms with Crippen molar-refractivity contribution in [2.45, 2.75) is 19.8 Å². The molecule has 2 rings (SSSR count). The van der Waals surface area contributed by atoms with E-state index >= 15 is 0 Å². The maximum atomic E-state index is 13.2. The smallest absolute Gasteiger partial charge is 0.193 e. The largest absolute Gasteiger partial charge is 0.357 e. The number of benzene rings is 1. The number of nitrogens with one attached hydrogen (secondary N) is 1. The highest BCUT2D eigenvalue weighted by molar-refractivity contribution is 14.0. The van der Waals surface area contributed by atoms with E-state index < -0.39 is 11.6 Å². The zero-order chi connectivity index (χ0) is 17.4. The summed E-state index contributed by atoms with van der Waals surface area (Å²) in [6.07, 6.45) is 1.47. The Hall–Kier alpha value is -1.22. The molecule has 1 aromatic carbocycles. The molecule has 0 unspecified atom stereocenters. The van der Waals surface area contributed by atoms with Crippen LogP contribution in [0.1, 0.15) is 17.4 Å². The van der Waals surface area contributed by atoms with Crippen LogP contribution in [0, 0.1) is 11.6 Å². The SMILES string of the molecule is CCNC(=NCCc1cc(F)cc(F)c1)N(C)CCc1cccs1.I. The Balaban J connectivity index is 0.00000312. The normalized spacial score (nSPS) is 11.1. The Morgan fingerprint density at radius 2 is 1.92 bits per heavy atom. The molecule has 3 nitrogen and oxygen atoms in total. The van der Waals surface area contributed by atoms with E-state index in [0.717, 1.165) is 31.5 Å². The highest BCUT2D eigenvalue weighted by Crippen LogP contribution is 2.10. The molecule has 0 amide bonds. The topological polar surface area (TPSA) is 27.6 Å². The van der Waals surface area contributed by atoms with E-state index in [-0.39, 0.29) is 24.0 Å². The van der Waals surface area contributed by atoms with Crippen LogP contribution in [-0.2, 0) is 12.8 Å². The van der Waals surface area contributed by atoms with Crippen LogP contribution in [0.15, 0.2) is 40.7 Å². The highest BCUT2D eigenvalue weighted by atomic mass is 127. The summed E-state index contributed by atoms with van der Waals surface area (Å²) in [6, 6.07) is 7.77. The van der Waals surface area contributed by atoms with Crippen LogP contribution >= 0.6 is 35.3 Å². The summed E-state index contributed by atoms with van der Waals surface area (Å²) in [6.45, 7) is 4.14. The van der Waals surface area contributed by atoms with Gasteiger partial charge in [0.1, 0.15) is 11.6 Å². The number of likely N-dealkylation sites (N-methyl/N-ethyl adjacent to an activating group) is 1. The molecule has 138 valence electrons. The molecule has 0 atom stereocenters. The minimum atomic E-state index is -0.547. The van der Waals surface area contributed by atoms with Crippen LogP contribution in [0.2, 0.25) is 0 Å². The van der Waals surface area contributed by atoms with Gasteiger partial charge >= 0.3 is 0 Å². The van der Waals surface area contributed by atoms with Gasteiger partial charge < -0.3 is 10.2 Å². The lowest BCUT2D eigenvalue weighted by atomic mass is 10.1. The number of aliphatic imine (C=N–C) groups is 1. The molecule has 0 fully saturated rings. The van der Waals surface area contributed by atoms with Crippen molar-refractivity contribution >= 4 is 41.3 Å². The lowest BCUT2D eigenvalue weighted by Crippen LogP contribution is -2.40. The van der Waals surface area contributed by atoms with Crippen LogP contribution in [-0.4, -0.2) is 37.5 Å². The molecule has 0 saturated carbocycles. The van der Waals surface area contributed by atoms with Crippen molar-refractivity contribution < 1.29 is 8.78 Å². The molecular formula is C18H24F2IN3S. The zero-order valence-electron chi connectivity index (χ0n) is 14.5. The van der Waals surface area contributed by atoms with Crippen molar-refractivity contribution in [2.75, 3.05) is 26.7 Å². The van der Waals surface area contributed by atoms with Gasteiger partial charge in [0.25, 0.3) is 0 Å². The standard InChI is InChI=1S/C18H23F2N3S.HI/c1-3-21-18(23(2)9-7-17-5-4-10-24-17)22-8-6-14-11-15(19)13-16(20)12-14;/h4-5,10-13H,3,6-9H2,1-2H3,(H,21,22);1H. The highest BCUT2D eigenvalue weighted by Gasteiger charge is 2.06. The number of rotatable bonds is 7. The van der Waals surface area contributed by atoms with Crippen molar-refractivity contribution in [1.29, 1.82) is 0 Å². The molecule has 0 bridgehead atoms. The summed E-state index contributed by atoms with van der Waals surface area (Å²) in [7, 11) is 2.00. The third-order valence-electron chi connectivity index (χ3n) is 3.55. The lowest BCUT2D eigenvalue weighted by molar-refractivity contribution is 0.487. The van der Waals surface area contributed by atoms with Crippen molar-refractivity contribution in [3.63, 3.8) is 0 Å². The van der Waals surface area contributed by atoms with Crippen molar-refractivity contribution in [1.82, 2.24) is 10.2 Å². The molecule has 0 spiro atoms. The number of thiophene rings is 1. The summed E-state index contributed by atoms with van der Waals surface area (Å²) in [5.41, 5.74) is 0.619. The quantitative estimate of drug-likeness (QED) is 0.364. The average molecular weight is 479 g/mol. The average Bonchev–Trinajstić information content (AvgIpc) is 3.04. The minimum Gasteiger partial charge on any atom is -0.357 e. The predicted molar refractivity (Wildman–Crippen MR) is 112 cm³/mol. The van der Waals surface area contributed by atoms with E-state index in [9.17, 15) is 8.78 Å². The Kier molecular flexibility index (Phi) is 9.96. The fourth-order valence-electron chi connectivity index (χ4n) is 2.35. The maximum absolute atomic E-state index is 13.2. The molecule has 0 saturated heterocycles. The third-order valence-corrected chi connectivity index (χ3v) is 4.49. The van der Waals surface area contributed by atoms with Gasteiger partial charge in [-0.1, -0.05) is 6.07 Å². The molecule has 1 heterocycles. The van der Waals surface area contributed by atoms with E-state index in [1.165, 1.54) is 17.0 Å². The summed E-state index contributed by atoms with van der Waals surface area (Å²) < 4.78 is 26.4. The van der Waals surface area contributed by atoms with Crippen LogP contribution < -0.4 is 5.32 Å². The van der Waals surface area contributed by atoms with Gasteiger partial charge in [0, 0.05) is 37.6 Å². The third kappa shape index (κ3) is 7.68. The van der Waals surface area contributed by atoms with Crippen molar-refractivity contribution in [3.8, 4) is 0 Å². The molecule has 1 N–H and O–H groups in total. The summed E-state index contributed by atoms with van der Waals surface area (Å²) in [4.78, 5) is 7.98. The Morgan fingerprint density at radius 3 is 2.52 bits per heavy atom. The second-order valence-electron chi connectivity index (χ2n) is 5.51. The zero-order valence-corrected chi connectivity index (χ0v) is 17.6. The Bertz CT molecular complexity index is 642. The number of guanidine groups is 1. The first kappa shape index (κ1) is 21.8.